The van der Waals surface area contributed by atoms with E-state index in [4.69, 9.17) is 11.6 Å². The first-order valence-corrected chi connectivity index (χ1v) is 12.3. The van der Waals surface area contributed by atoms with E-state index in [0.717, 1.165) is 66.2 Å². The number of benzene rings is 1. The van der Waals surface area contributed by atoms with Crippen molar-refractivity contribution in [1.82, 2.24) is 34.4 Å². The third kappa shape index (κ3) is 3.99. The van der Waals surface area contributed by atoms with Crippen molar-refractivity contribution in [3.05, 3.63) is 88.2 Å². The molecule has 4 aromatic rings. The summed E-state index contributed by atoms with van der Waals surface area (Å²) in [5.74, 6) is 3.43. The number of hydrogen-bond donors (Lipinski definition) is 1. The van der Waals surface area contributed by atoms with Gasteiger partial charge in [-0.25, -0.2) is 4.98 Å². The Morgan fingerprint density at radius 2 is 2.08 bits per heavy atom. The van der Waals surface area contributed by atoms with Gasteiger partial charge in [-0.05, 0) is 35.8 Å². The summed E-state index contributed by atoms with van der Waals surface area (Å²) >= 11 is 6.63. The third-order valence-electron chi connectivity index (χ3n) is 6.83. The predicted molar refractivity (Wildman–Crippen MR) is 137 cm³/mol. The Kier molecular flexibility index (Phi) is 5.66. The molecule has 36 heavy (non-hydrogen) atoms. The number of anilines is 2. The predicted octanol–water partition coefficient (Wildman–Crippen LogP) is 4.11. The molecule has 0 saturated heterocycles. The molecule has 6 rings (SSSR count). The summed E-state index contributed by atoms with van der Waals surface area (Å²) in [5.41, 5.74) is 3.74. The van der Waals surface area contributed by atoms with Crippen LogP contribution in [-0.4, -0.2) is 47.5 Å². The number of aryl methyl sites for hydroxylation is 1. The minimum atomic E-state index is 0.105. The maximum absolute atomic E-state index is 9.49. The zero-order valence-electron chi connectivity index (χ0n) is 19.8. The molecule has 1 unspecified atom stereocenters. The molecule has 5 heterocycles. The van der Waals surface area contributed by atoms with Crippen LogP contribution in [0, 0.1) is 11.3 Å². The molecule has 0 amide bonds. The zero-order chi connectivity index (χ0) is 24.6. The molecule has 10 heteroatoms. The molecule has 1 atom stereocenters. The fraction of sp³-hybridized carbons (Fsp3) is 0.269. The van der Waals surface area contributed by atoms with Crippen molar-refractivity contribution in [3.8, 4) is 6.07 Å². The number of halogens is 1. The highest BCUT2D eigenvalue weighted by atomic mass is 35.5. The van der Waals surface area contributed by atoms with Crippen LogP contribution < -0.4 is 5.32 Å². The van der Waals surface area contributed by atoms with Crippen molar-refractivity contribution >= 4 is 28.9 Å². The Morgan fingerprint density at radius 3 is 2.92 bits per heavy atom. The largest absolute Gasteiger partial charge is 0.368 e. The van der Waals surface area contributed by atoms with Gasteiger partial charge in [0.15, 0.2) is 5.82 Å². The quantitative estimate of drug-likeness (QED) is 0.442. The van der Waals surface area contributed by atoms with Crippen molar-refractivity contribution in [2.24, 2.45) is 7.05 Å². The molecular formula is C26H24ClN9. The van der Waals surface area contributed by atoms with E-state index in [1.165, 1.54) is 0 Å². The second-order valence-electron chi connectivity index (χ2n) is 9.05. The Bertz CT molecular complexity index is 1510. The van der Waals surface area contributed by atoms with Gasteiger partial charge in [-0.1, -0.05) is 29.8 Å². The van der Waals surface area contributed by atoms with Crippen LogP contribution in [0.2, 0.25) is 5.02 Å². The number of rotatable bonds is 5. The fourth-order valence-corrected chi connectivity index (χ4v) is 5.24. The molecule has 9 nitrogen and oxygen atoms in total. The lowest BCUT2D eigenvalue weighted by Crippen LogP contribution is -2.21. The second kappa shape index (κ2) is 9.13. The molecule has 0 spiro atoms. The Morgan fingerprint density at radius 1 is 1.19 bits per heavy atom. The Balaban J connectivity index is 1.31. The lowest BCUT2D eigenvalue weighted by molar-refractivity contribution is 0.402. The minimum absolute atomic E-state index is 0.105. The average Bonchev–Trinajstić information content (AvgIpc) is 3.57. The number of pyridine rings is 1. The van der Waals surface area contributed by atoms with Crippen LogP contribution >= 0.6 is 11.6 Å². The molecule has 1 N–H and O–H groups in total. The SMILES string of the molecule is Cn1nccc1Nc1cc(C2C=C3c4nnc(Cc5ccccc5C#N)n4CCCN3C2)c(Cl)cn1. The molecule has 2 aliphatic rings. The number of fused-ring (bicyclic) bond motifs is 3. The van der Waals surface area contributed by atoms with Gasteiger partial charge in [0.2, 0.25) is 0 Å². The van der Waals surface area contributed by atoms with Crippen molar-refractivity contribution < 1.29 is 0 Å². The first kappa shape index (κ1) is 22.3. The number of aromatic nitrogens is 6. The zero-order valence-corrected chi connectivity index (χ0v) is 20.5. The highest BCUT2D eigenvalue weighted by Gasteiger charge is 2.32. The maximum atomic E-state index is 9.49. The van der Waals surface area contributed by atoms with E-state index in [-0.39, 0.29) is 5.92 Å². The lowest BCUT2D eigenvalue weighted by atomic mass is 10.0. The van der Waals surface area contributed by atoms with Crippen LogP contribution in [-0.2, 0) is 20.0 Å². The number of nitriles is 1. The van der Waals surface area contributed by atoms with Crippen LogP contribution in [0.1, 0.15) is 40.7 Å². The number of hydrogen-bond acceptors (Lipinski definition) is 7. The molecule has 3 aromatic heterocycles. The molecular weight excluding hydrogens is 474 g/mol. The Labute approximate surface area is 213 Å². The molecule has 0 aliphatic carbocycles. The van der Waals surface area contributed by atoms with Crippen molar-refractivity contribution in [3.63, 3.8) is 0 Å². The molecule has 0 radical (unpaired) electrons. The standard InChI is InChI=1S/C26H24ClN9/c1-34-24(7-8-30-34)31-23-13-20(21(27)15-29-23)19-11-22-26-33-32-25(36(26)10-4-9-35(22)16-19)12-17-5-2-3-6-18(17)14-28/h2-3,5-8,11,13,15,19H,4,9-10,12,16H2,1H3,(H,29,31). The van der Waals surface area contributed by atoms with Crippen molar-refractivity contribution in [1.29, 1.82) is 5.26 Å². The second-order valence-corrected chi connectivity index (χ2v) is 9.46. The fourth-order valence-electron chi connectivity index (χ4n) is 5.00. The molecule has 180 valence electrons. The van der Waals surface area contributed by atoms with Crippen LogP contribution in [0.15, 0.2) is 54.9 Å². The average molecular weight is 498 g/mol. The van der Waals surface area contributed by atoms with Crippen LogP contribution in [0.25, 0.3) is 5.70 Å². The van der Waals surface area contributed by atoms with Gasteiger partial charge in [0.05, 0.1) is 28.5 Å². The minimum Gasteiger partial charge on any atom is -0.368 e. The van der Waals surface area contributed by atoms with E-state index < -0.39 is 0 Å². The topological polar surface area (TPSA) is 100 Å². The number of nitrogens with zero attached hydrogens (tertiary/aromatic N) is 8. The summed E-state index contributed by atoms with van der Waals surface area (Å²) < 4.78 is 3.96. The van der Waals surface area contributed by atoms with Gasteiger partial charge in [0, 0.05) is 51.3 Å². The van der Waals surface area contributed by atoms with E-state index >= 15 is 0 Å². The normalized spacial score (nSPS) is 16.6. The van der Waals surface area contributed by atoms with E-state index in [0.29, 0.717) is 17.0 Å². The van der Waals surface area contributed by atoms with Crippen molar-refractivity contribution in [2.75, 3.05) is 18.4 Å². The highest BCUT2D eigenvalue weighted by molar-refractivity contribution is 6.31. The van der Waals surface area contributed by atoms with Gasteiger partial charge in [0.25, 0.3) is 0 Å². The van der Waals surface area contributed by atoms with Crippen LogP contribution in [0.3, 0.4) is 0 Å². The first-order valence-electron chi connectivity index (χ1n) is 11.9. The number of nitrogens with one attached hydrogen (secondary N) is 1. The molecule has 0 bridgehead atoms. The van der Waals surface area contributed by atoms with Crippen LogP contribution in [0.4, 0.5) is 11.6 Å². The summed E-state index contributed by atoms with van der Waals surface area (Å²) in [6, 6.07) is 13.9. The Hall–Kier alpha value is -4.16. The van der Waals surface area contributed by atoms with E-state index in [9.17, 15) is 5.26 Å². The van der Waals surface area contributed by atoms with Gasteiger partial charge >= 0.3 is 0 Å². The summed E-state index contributed by atoms with van der Waals surface area (Å²) in [6.45, 7) is 2.60. The third-order valence-corrected chi connectivity index (χ3v) is 7.15. The van der Waals surface area contributed by atoms with Gasteiger partial charge < -0.3 is 14.8 Å². The summed E-state index contributed by atoms with van der Waals surface area (Å²) in [6.07, 6.45) is 7.25. The van der Waals surface area contributed by atoms with E-state index in [1.54, 1.807) is 17.1 Å². The van der Waals surface area contributed by atoms with Gasteiger partial charge in [-0.15, -0.1) is 10.2 Å². The summed E-state index contributed by atoms with van der Waals surface area (Å²) in [5, 5.41) is 26.8. The van der Waals surface area contributed by atoms with Gasteiger partial charge in [0.1, 0.15) is 17.5 Å². The van der Waals surface area contributed by atoms with Crippen molar-refractivity contribution in [2.45, 2.75) is 25.3 Å². The maximum Gasteiger partial charge on any atom is 0.179 e. The van der Waals surface area contributed by atoms with Crippen LogP contribution in [0.5, 0.6) is 0 Å². The smallest absolute Gasteiger partial charge is 0.179 e. The molecule has 0 fully saturated rings. The van der Waals surface area contributed by atoms with Gasteiger partial charge in [-0.2, -0.15) is 10.4 Å². The summed E-state index contributed by atoms with van der Waals surface area (Å²) in [4.78, 5) is 6.83. The first-order chi connectivity index (χ1) is 17.6. The monoisotopic (exact) mass is 497 g/mol. The molecule has 2 aliphatic heterocycles. The molecule has 0 saturated carbocycles. The van der Waals surface area contributed by atoms with E-state index in [2.05, 4.69) is 47.2 Å². The lowest BCUT2D eigenvalue weighted by Gasteiger charge is -2.20. The summed E-state index contributed by atoms with van der Waals surface area (Å²) in [7, 11) is 1.88. The van der Waals surface area contributed by atoms with E-state index in [1.807, 2.05) is 43.4 Å². The molecule has 1 aromatic carbocycles. The van der Waals surface area contributed by atoms with Gasteiger partial charge in [-0.3, -0.25) is 4.68 Å². The highest BCUT2D eigenvalue weighted by Crippen LogP contribution is 2.38.